The molecule has 0 radical (unpaired) electrons. The van der Waals surface area contributed by atoms with Gasteiger partial charge in [0.05, 0.1) is 16.4 Å². The summed E-state index contributed by atoms with van der Waals surface area (Å²) in [6, 6.07) is 23.6. The number of aromatic nitrogens is 1. The van der Waals surface area contributed by atoms with E-state index in [0.717, 1.165) is 27.1 Å². The van der Waals surface area contributed by atoms with Gasteiger partial charge in [0.25, 0.3) is 5.91 Å². The summed E-state index contributed by atoms with van der Waals surface area (Å²) in [5.41, 5.74) is 7.37. The first-order valence-electron chi connectivity index (χ1n) is 9.15. The summed E-state index contributed by atoms with van der Waals surface area (Å²) in [7, 11) is 0. The zero-order valence-corrected chi connectivity index (χ0v) is 19.1. The molecule has 0 saturated heterocycles. The van der Waals surface area contributed by atoms with Crippen molar-refractivity contribution in [2.75, 3.05) is 0 Å². The van der Waals surface area contributed by atoms with Crippen LogP contribution in [-0.4, -0.2) is 16.7 Å². The van der Waals surface area contributed by atoms with Crippen molar-refractivity contribution < 1.29 is 9.21 Å². The molecule has 150 valence electrons. The van der Waals surface area contributed by atoms with Crippen molar-refractivity contribution in [1.82, 2.24) is 9.99 Å². The number of carbonyl (C=O) groups is 1. The molecule has 30 heavy (non-hydrogen) atoms. The summed E-state index contributed by atoms with van der Waals surface area (Å²) >= 11 is 6.59. The van der Waals surface area contributed by atoms with E-state index in [1.165, 1.54) is 6.21 Å². The lowest BCUT2D eigenvalue weighted by molar-refractivity contribution is 0.0955. The Hall–Kier alpha value is -2.90. The molecular weight excluding hydrogens is 510 g/mol. The second-order valence-electron chi connectivity index (χ2n) is 6.58. The fourth-order valence-electron chi connectivity index (χ4n) is 3.12. The molecule has 5 nitrogen and oxygen atoms in total. The number of amides is 1. The van der Waals surface area contributed by atoms with Crippen molar-refractivity contribution in [2.45, 2.75) is 6.92 Å². The van der Waals surface area contributed by atoms with Crippen molar-refractivity contribution in [3.8, 4) is 16.9 Å². The molecule has 0 aliphatic heterocycles. The molecule has 2 aromatic heterocycles. The van der Waals surface area contributed by atoms with E-state index in [-0.39, 0.29) is 5.91 Å². The molecule has 0 spiro atoms. The van der Waals surface area contributed by atoms with Crippen LogP contribution in [0.4, 0.5) is 0 Å². The number of nitrogens with zero attached hydrogens (tertiary/aromatic N) is 2. The number of halogens is 2. The third-order valence-electron chi connectivity index (χ3n) is 4.56. The average molecular weight is 527 g/mol. The maximum atomic E-state index is 12.4. The molecule has 0 aliphatic rings. The van der Waals surface area contributed by atoms with E-state index >= 15 is 0 Å². The minimum atomic E-state index is -0.296. The Bertz CT molecular complexity index is 1190. The van der Waals surface area contributed by atoms with Crippen LogP contribution in [0.5, 0.6) is 0 Å². The Labute approximate surface area is 190 Å². The number of aryl methyl sites for hydroxylation is 1. The second kappa shape index (κ2) is 8.85. The van der Waals surface area contributed by atoms with Crippen molar-refractivity contribution in [1.29, 1.82) is 0 Å². The molecule has 1 N–H and O–H groups in total. The number of carbonyl (C=O) groups excluding carboxylic acids is 1. The lowest BCUT2D eigenvalue weighted by Gasteiger charge is -2.12. The predicted octanol–water partition coefficient (Wildman–Crippen LogP) is 6.33. The number of rotatable bonds is 5. The van der Waals surface area contributed by atoms with Gasteiger partial charge in [0.2, 0.25) is 0 Å². The van der Waals surface area contributed by atoms with Crippen molar-refractivity contribution >= 4 is 44.0 Å². The highest BCUT2D eigenvalue weighted by Gasteiger charge is 2.11. The highest BCUT2D eigenvalue weighted by molar-refractivity contribution is 9.13. The van der Waals surface area contributed by atoms with Crippen LogP contribution >= 0.6 is 31.9 Å². The van der Waals surface area contributed by atoms with E-state index in [9.17, 15) is 4.79 Å². The van der Waals surface area contributed by atoms with Gasteiger partial charge in [-0.25, -0.2) is 5.43 Å². The quantitative estimate of drug-likeness (QED) is 0.244. The topological polar surface area (TPSA) is 59.5 Å². The molecule has 2 heterocycles. The van der Waals surface area contributed by atoms with Crippen LogP contribution in [0.3, 0.4) is 0 Å². The normalized spacial score (nSPS) is 11.2. The predicted molar refractivity (Wildman–Crippen MR) is 125 cm³/mol. The Morgan fingerprint density at radius 1 is 1.03 bits per heavy atom. The van der Waals surface area contributed by atoms with Crippen LogP contribution in [0.2, 0.25) is 0 Å². The van der Waals surface area contributed by atoms with Gasteiger partial charge in [0.1, 0.15) is 5.76 Å². The fourth-order valence-corrected chi connectivity index (χ4v) is 3.73. The first kappa shape index (κ1) is 20.4. The zero-order valence-electron chi connectivity index (χ0n) is 16.0. The molecular formula is C23H17Br2N3O2. The maximum absolute atomic E-state index is 12.4. The molecule has 4 rings (SSSR count). The molecule has 0 atom stereocenters. The first-order chi connectivity index (χ1) is 14.5. The molecule has 7 heteroatoms. The molecule has 0 saturated carbocycles. The van der Waals surface area contributed by atoms with Crippen LogP contribution in [0, 0.1) is 6.92 Å². The van der Waals surface area contributed by atoms with Crippen molar-refractivity contribution in [3.63, 3.8) is 0 Å². The SMILES string of the molecule is Cc1ccc(-c2ccccc2)n1-c1ccc(C(=O)N/N=C/c2cc(Br)c(Br)o2)cc1. The molecule has 0 bridgehead atoms. The van der Waals surface area contributed by atoms with Gasteiger partial charge in [-0.15, -0.1) is 0 Å². The Morgan fingerprint density at radius 2 is 1.77 bits per heavy atom. The second-order valence-corrected chi connectivity index (χ2v) is 8.15. The molecule has 1 amide bonds. The molecule has 0 aliphatic carbocycles. The molecule has 2 aromatic carbocycles. The van der Waals surface area contributed by atoms with Crippen LogP contribution in [0.1, 0.15) is 21.8 Å². The lowest BCUT2D eigenvalue weighted by Crippen LogP contribution is -2.17. The summed E-state index contributed by atoms with van der Waals surface area (Å²) in [6.45, 7) is 2.06. The van der Waals surface area contributed by atoms with Crippen molar-refractivity contribution in [2.24, 2.45) is 5.10 Å². The Morgan fingerprint density at radius 3 is 2.43 bits per heavy atom. The smallest absolute Gasteiger partial charge is 0.271 e. The highest BCUT2D eigenvalue weighted by atomic mass is 79.9. The summed E-state index contributed by atoms with van der Waals surface area (Å²) < 4.78 is 8.90. The van der Waals surface area contributed by atoms with Crippen LogP contribution < -0.4 is 5.43 Å². The lowest BCUT2D eigenvalue weighted by atomic mass is 10.1. The number of benzene rings is 2. The van der Waals surface area contributed by atoms with Gasteiger partial charge in [0, 0.05) is 23.0 Å². The third-order valence-corrected chi connectivity index (χ3v) is 6.27. The Kier molecular flexibility index (Phi) is 6.01. The summed E-state index contributed by atoms with van der Waals surface area (Å²) in [4.78, 5) is 12.4. The van der Waals surface area contributed by atoms with E-state index in [4.69, 9.17) is 4.42 Å². The van der Waals surface area contributed by atoms with Crippen molar-refractivity contribution in [3.05, 3.63) is 99.0 Å². The van der Waals surface area contributed by atoms with Gasteiger partial charge in [-0.05, 0) is 80.7 Å². The fraction of sp³-hybridized carbons (Fsp3) is 0.0435. The minimum absolute atomic E-state index is 0.296. The number of hydrazone groups is 1. The number of nitrogens with one attached hydrogen (secondary N) is 1. The van der Waals surface area contributed by atoms with E-state index in [1.54, 1.807) is 18.2 Å². The summed E-state index contributed by atoms with van der Waals surface area (Å²) in [6.07, 6.45) is 1.44. The van der Waals surface area contributed by atoms with Gasteiger partial charge in [0.15, 0.2) is 4.67 Å². The van der Waals surface area contributed by atoms with Crippen LogP contribution in [0.15, 0.2) is 91.5 Å². The monoisotopic (exact) mass is 525 g/mol. The van der Waals surface area contributed by atoms with Gasteiger partial charge in [-0.3, -0.25) is 4.79 Å². The molecule has 0 unspecified atom stereocenters. The number of hydrogen-bond acceptors (Lipinski definition) is 3. The van der Waals surface area contributed by atoms with Crippen LogP contribution in [-0.2, 0) is 0 Å². The van der Waals surface area contributed by atoms with E-state index in [1.807, 2.05) is 30.3 Å². The van der Waals surface area contributed by atoms with Gasteiger partial charge in [-0.1, -0.05) is 30.3 Å². The molecule has 4 aromatic rings. The minimum Gasteiger partial charge on any atom is -0.447 e. The third kappa shape index (κ3) is 4.32. The largest absolute Gasteiger partial charge is 0.447 e. The van der Waals surface area contributed by atoms with Gasteiger partial charge in [-0.2, -0.15) is 5.10 Å². The van der Waals surface area contributed by atoms with E-state index in [2.05, 4.69) is 78.1 Å². The summed E-state index contributed by atoms with van der Waals surface area (Å²) in [5, 5.41) is 3.95. The Balaban J connectivity index is 1.51. The maximum Gasteiger partial charge on any atom is 0.271 e. The molecule has 0 fully saturated rings. The highest BCUT2D eigenvalue weighted by Crippen LogP contribution is 2.27. The van der Waals surface area contributed by atoms with E-state index in [0.29, 0.717) is 16.0 Å². The standard InChI is InChI=1S/C23H17Br2N3O2/c1-15-7-12-21(16-5-3-2-4-6-16)28(15)18-10-8-17(9-11-18)23(29)27-26-14-19-13-20(24)22(25)30-19/h2-14H,1H3,(H,27,29)/b26-14+. The van der Waals surface area contributed by atoms with Gasteiger partial charge >= 0.3 is 0 Å². The number of furan rings is 1. The van der Waals surface area contributed by atoms with Gasteiger partial charge < -0.3 is 8.98 Å². The van der Waals surface area contributed by atoms with Crippen LogP contribution in [0.25, 0.3) is 16.9 Å². The van der Waals surface area contributed by atoms with E-state index < -0.39 is 0 Å². The zero-order chi connectivity index (χ0) is 21.1. The summed E-state index contributed by atoms with van der Waals surface area (Å²) in [5.74, 6) is 0.218. The average Bonchev–Trinajstić information content (AvgIpc) is 3.30. The first-order valence-corrected chi connectivity index (χ1v) is 10.7. The number of hydrogen-bond donors (Lipinski definition) is 1.